The van der Waals surface area contributed by atoms with Crippen molar-refractivity contribution in [3.63, 3.8) is 0 Å². The first-order valence-corrected chi connectivity index (χ1v) is 17.7. The summed E-state index contributed by atoms with van der Waals surface area (Å²) in [5.74, 6) is 0. The minimum atomic E-state index is -2.31. The Hall–Kier alpha value is -0.642. The van der Waals surface area contributed by atoms with E-state index >= 15 is 0 Å². The Morgan fingerprint density at radius 1 is 0.500 bits per heavy atom. The molecule has 0 bridgehead atoms. The van der Waals surface area contributed by atoms with Crippen LogP contribution in [-0.4, -0.2) is 0 Å². The number of hydrogen-bond acceptors (Lipinski definition) is 0. The molecule has 0 spiro atoms. The van der Waals surface area contributed by atoms with Gasteiger partial charge in [0.15, 0.2) is 0 Å². The fraction of sp³-hybridized carbons (Fsp3) is 0. The van der Waals surface area contributed by atoms with E-state index in [2.05, 4.69) is 72.8 Å². The molecule has 0 atom stereocenters. The molecule has 117 valence electrons. The Balaban J connectivity index is 2.34. The first-order chi connectivity index (χ1) is 10.8. The maximum absolute atomic E-state index is 6.79. The van der Waals surface area contributed by atoms with Gasteiger partial charge in [0.1, 0.15) is 0 Å². The quantitative estimate of drug-likeness (QED) is 0.436. The molecule has 0 heterocycles. The third kappa shape index (κ3) is 2.91. The molecule has 0 radical (unpaired) electrons. The second kappa shape index (κ2) is 7.29. The summed E-state index contributed by atoms with van der Waals surface area (Å²) in [6.07, 6.45) is 0. The van der Waals surface area contributed by atoms with Gasteiger partial charge in [0.25, 0.3) is 0 Å². The summed E-state index contributed by atoms with van der Waals surface area (Å²) >= 11 is -2.22. The SMILES string of the molecule is [Cl][Pt]([Cl])[PH](c1ccccc1)(c1ccccc1)c1ccccc1. The van der Waals surface area contributed by atoms with Crippen LogP contribution in [0.15, 0.2) is 91.0 Å². The molecule has 3 rings (SSSR count). The average molecular weight is 529 g/mol. The normalized spacial score (nSPS) is 12.7. The van der Waals surface area contributed by atoms with Crippen LogP contribution < -0.4 is 15.9 Å². The number of hydrogen-bond donors (Lipinski definition) is 0. The van der Waals surface area contributed by atoms with Gasteiger partial charge in [-0.2, -0.15) is 0 Å². The predicted molar refractivity (Wildman–Crippen MR) is 98.2 cm³/mol. The summed E-state index contributed by atoms with van der Waals surface area (Å²) in [5.41, 5.74) is 0. The molecule has 3 aromatic carbocycles. The van der Waals surface area contributed by atoms with Crippen molar-refractivity contribution in [2.24, 2.45) is 0 Å². The Morgan fingerprint density at radius 2 is 0.773 bits per heavy atom. The van der Waals surface area contributed by atoms with Crippen molar-refractivity contribution in [2.45, 2.75) is 0 Å². The zero-order chi connectivity index (χ0) is 15.4. The van der Waals surface area contributed by atoms with Crippen molar-refractivity contribution in [3.8, 4) is 0 Å². The van der Waals surface area contributed by atoms with Crippen LogP contribution in [0.4, 0.5) is 0 Å². The van der Waals surface area contributed by atoms with Crippen molar-refractivity contribution in [1.29, 1.82) is 0 Å². The van der Waals surface area contributed by atoms with Gasteiger partial charge in [-0.15, -0.1) is 0 Å². The maximum atomic E-state index is 6.79. The first-order valence-electron chi connectivity index (χ1n) is 6.88. The minimum absolute atomic E-state index is 1.29. The van der Waals surface area contributed by atoms with Gasteiger partial charge in [0.2, 0.25) is 0 Å². The van der Waals surface area contributed by atoms with E-state index in [1.165, 1.54) is 15.9 Å². The van der Waals surface area contributed by atoms with E-state index in [1.807, 2.05) is 18.2 Å². The van der Waals surface area contributed by atoms with Crippen LogP contribution in [0.3, 0.4) is 0 Å². The molecule has 3 aromatic rings. The van der Waals surface area contributed by atoms with Crippen LogP contribution in [-0.2, 0) is 14.7 Å². The van der Waals surface area contributed by atoms with E-state index in [1.54, 1.807) is 0 Å². The molecule has 0 N–H and O–H groups in total. The molecule has 4 heteroatoms. The Labute approximate surface area is 145 Å². The number of rotatable bonds is 4. The van der Waals surface area contributed by atoms with E-state index in [-0.39, 0.29) is 0 Å². The zero-order valence-electron chi connectivity index (χ0n) is 11.7. The number of halogens is 2. The van der Waals surface area contributed by atoms with Gasteiger partial charge in [-0.05, 0) is 0 Å². The van der Waals surface area contributed by atoms with Gasteiger partial charge in [0, 0.05) is 0 Å². The molecule has 0 aliphatic rings. The van der Waals surface area contributed by atoms with Crippen LogP contribution in [0.2, 0.25) is 0 Å². The molecule has 0 aliphatic heterocycles. The summed E-state index contributed by atoms with van der Waals surface area (Å²) < 4.78 is 0. The van der Waals surface area contributed by atoms with E-state index in [9.17, 15) is 0 Å². The van der Waals surface area contributed by atoms with Crippen LogP contribution in [0.1, 0.15) is 0 Å². The second-order valence-electron chi connectivity index (χ2n) is 4.87. The van der Waals surface area contributed by atoms with Gasteiger partial charge in [0.05, 0.1) is 0 Å². The fourth-order valence-corrected chi connectivity index (χ4v) is 24.0. The first kappa shape index (κ1) is 16.2. The van der Waals surface area contributed by atoms with Gasteiger partial charge in [-0.1, -0.05) is 0 Å². The van der Waals surface area contributed by atoms with Gasteiger partial charge in [-0.25, -0.2) is 0 Å². The van der Waals surface area contributed by atoms with Crippen LogP contribution in [0, 0.1) is 0 Å². The van der Waals surface area contributed by atoms with Gasteiger partial charge < -0.3 is 0 Å². The Kier molecular flexibility index (Phi) is 5.37. The van der Waals surface area contributed by atoms with E-state index < -0.39 is 20.1 Å². The summed E-state index contributed by atoms with van der Waals surface area (Å²) in [6.45, 7) is 0. The van der Waals surface area contributed by atoms with E-state index in [0.29, 0.717) is 0 Å². The van der Waals surface area contributed by atoms with Gasteiger partial charge in [-0.3, -0.25) is 0 Å². The van der Waals surface area contributed by atoms with Crippen molar-refractivity contribution in [3.05, 3.63) is 91.0 Å². The summed E-state index contributed by atoms with van der Waals surface area (Å²) in [4.78, 5) is 0. The summed E-state index contributed by atoms with van der Waals surface area (Å²) in [6, 6.07) is 31.7. The molecule has 0 saturated heterocycles. The molecule has 0 aromatic heterocycles. The second-order valence-corrected chi connectivity index (χ2v) is 24.9. The van der Waals surface area contributed by atoms with E-state index in [0.717, 1.165) is 0 Å². The monoisotopic (exact) mass is 528 g/mol. The number of benzene rings is 3. The predicted octanol–water partition coefficient (Wildman–Crippen LogP) is 4.55. The van der Waals surface area contributed by atoms with Crippen LogP contribution >= 0.6 is 24.2 Å². The van der Waals surface area contributed by atoms with Crippen molar-refractivity contribution >= 4 is 40.1 Å². The molecule has 0 unspecified atom stereocenters. The Morgan fingerprint density at radius 3 is 1.00 bits per heavy atom. The third-order valence-corrected chi connectivity index (χ3v) is 25.9. The van der Waals surface area contributed by atoms with Crippen LogP contribution in [0.5, 0.6) is 0 Å². The fourth-order valence-electron chi connectivity index (χ4n) is 2.68. The molecule has 22 heavy (non-hydrogen) atoms. The standard InChI is InChI=1S/C18H15P.2ClH.Pt/c1-4-10-16(11-5-1)19(17-12-6-2-7-13-17)18-14-8-3-9-15-18;;;/h1-15H;2*1H;/q;;;+1/p-1. The molecular weight excluding hydrogens is 513 g/mol. The molecule has 0 aliphatic carbocycles. The molecule has 0 amide bonds. The molecule has 0 fully saturated rings. The average Bonchev–Trinajstić information content (AvgIpc) is 2.58. The van der Waals surface area contributed by atoms with Crippen molar-refractivity contribution in [1.82, 2.24) is 0 Å². The topological polar surface area (TPSA) is 0 Å². The van der Waals surface area contributed by atoms with Gasteiger partial charge >= 0.3 is 146 Å². The zero-order valence-corrected chi connectivity index (χ0v) is 16.5. The molecular formula is C18H16Cl2PPt. The van der Waals surface area contributed by atoms with Crippen LogP contribution in [0.25, 0.3) is 0 Å². The summed E-state index contributed by atoms with van der Waals surface area (Å²) in [7, 11) is 13.6. The molecule has 0 nitrogen and oxygen atoms in total. The van der Waals surface area contributed by atoms with E-state index in [4.69, 9.17) is 18.8 Å². The third-order valence-electron chi connectivity index (χ3n) is 3.64. The Bertz CT molecular complexity index is 621. The van der Waals surface area contributed by atoms with Crippen molar-refractivity contribution in [2.75, 3.05) is 0 Å². The molecule has 0 saturated carbocycles. The summed E-state index contributed by atoms with van der Waals surface area (Å²) in [5, 5.41) is 1.57. The van der Waals surface area contributed by atoms with Crippen molar-refractivity contribution < 1.29 is 14.7 Å².